The summed E-state index contributed by atoms with van der Waals surface area (Å²) in [5.74, 6) is 0.322. The Kier molecular flexibility index (Phi) is 6.84. The first-order chi connectivity index (χ1) is 5.39. The van der Waals surface area contributed by atoms with Crippen molar-refractivity contribution in [2.75, 3.05) is 0 Å². The molecule has 0 aliphatic heterocycles. The molecule has 6 heteroatoms. The van der Waals surface area contributed by atoms with Gasteiger partial charge in [-0.3, -0.25) is 0 Å². The van der Waals surface area contributed by atoms with E-state index in [4.69, 9.17) is 42.3 Å². The number of aromatic hydroxyl groups is 1. The van der Waals surface area contributed by atoms with Crippen molar-refractivity contribution < 1.29 is 17.5 Å². The Labute approximate surface area is 90.1 Å². The van der Waals surface area contributed by atoms with Gasteiger partial charge in [-0.2, -0.15) is 0 Å². The van der Waals surface area contributed by atoms with Crippen LogP contribution in [0.2, 0.25) is 0 Å². The Morgan fingerprint density at radius 1 is 0.917 bits per heavy atom. The van der Waals surface area contributed by atoms with E-state index in [-0.39, 0.29) is 0 Å². The number of halogens is 4. The van der Waals surface area contributed by atoms with Crippen LogP contribution in [0.15, 0.2) is 30.3 Å². The van der Waals surface area contributed by atoms with E-state index in [0.717, 1.165) is 0 Å². The third kappa shape index (κ3) is 13.5. The molecule has 68 valence electrons. The Morgan fingerprint density at radius 2 is 1.25 bits per heavy atom. The van der Waals surface area contributed by atoms with Crippen molar-refractivity contribution in [1.29, 1.82) is 0 Å². The van der Waals surface area contributed by atoms with Gasteiger partial charge in [0.05, 0.1) is 0 Å². The fraction of sp³-hybridized carbons (Fsp3) is 0. The molecular formula is C6H6Cl4OTi. The minimum absolute atomic E-state index is 0.322. The summed E-state index contributed by atoms with van der Waals surface area (Å²) in [4.78, 5) is 0. The van der Waals surface area contributed by atoms with E-state index >= 15 is 0 Å². The number of rotatable bonds is 0. The van der Waals surface area contributed by atoms with Crippen LogP contribution in [0.4, 0.5) is 0 Å². The second-order valence-corrected chi connectivity index (χ2v) is 17.2. The monoisotopic (exact) mass is 282 g/mol. The molecule has 0 saturated carbocycles. The molecule has 1 aromatic rings. The van der Waals surface area contributed by atoms with Gasteiger partial charge >= 0.3 is 49.6 Å². The van der Waals surface area contributed by atoms with Gasteiger partial charge < -0.3 is 5.11 Å². The molecule has 0 amide bonds. The van der Waals surface area contributed by atoms with Gasteiger partial charge in [-0.05, 0) is 12.1 Å². The van der Waals surface area contributed by atoms with Crippen molar-refractivity contribution in [3.63, 3.8) is 0 Å². The summed E-state index contributed by atoms with van der Waals surface area (Å²) in [6.07, 6.45) is 0. The van der Waals surface area contributed by atoms with Crippen LogP contribution in [0, 0.1) is 0 Å². The first-order valence-electron chi connectivity index (χ1n) is 2.89. The average molecular weight is 284 g/mol. The van der Waals surface area contributed by atoms with Crippen molar-refractivity contribution >= 4 is 37.2 Å². The van der Waals surface area contributed by atoms with Gasteiger partial charge in [-0.15, -0.1) is 0 Å². The van der Waals surface area contributed by atoms with Crippen molar-refractivity contribution in [3.05, 3.63) is 30.3 Å². The fourth-order valence-corrected chi connectivity index (χ4v) is 0.428. The van der Waals surface area contributed by atoms with E-state index < -0.39 is 12.3 Å². The Balaban J connectivity index is 0.000000217. The molecule has 0 aliphatic rings. The summed E-state index contributed by atoms with van der Waals surface area (Å²) in [5, 5.41) is 8.63. The Hall–Kier alpha value is 0.894. The van der Waals surface area contributed by atoms with E-state index in [1.165, 1.54) is 0 Å². The SMILES string of the molecule is Oc1ccccc1.[Cl][Ti]([Cl])([Cl])[Cl]. The second-order valence-electron chi connectivity index (χ2n) is 1.76. The van der Waals surface area contributed by atoms with E-state index in [1.54, 1.807) is 24.3 Å². The molecule has 1 N–H and O–H groups in total. The molecule has 12 heavy (non-hydrogen) atoms. The molecule has 1 nitrogen and oxygen atoms in total. The summed E-state index contributed by atoms with van der Waals surface area (Å²) in [7, 11) is 20.1. The van der Waals surface area contributed by atoms with Crippen LogP contribution in [0.5, 0.6) is 5.75 Å². The van der Waals surface area contributed by atoms with Crippen LogP contribution in [-0.4, -0.2) is 5.11 Å². The van der Waals surface area contributed by atoms with Crippen molar-refractivity contribution in [2.45, 2.75) is 0 Å². The van der Waals surface area contributed by atoms with Crippen LogP contribution in [0.25, 0.3) is 0 Å². The molecule has 0 bridgehead atoms. The van der Waals surface area contributed by atoms with E-state index in [0.29, 0.717) is 5.75 Å². The van der Waals surface area contributed by atoms with E-state index in [9.17, 15) is 0 Å². The molecule has 1 aromatic carbocycles. The van der Waals surface area contributed by atoms with Gasteiger partial charge in [0, 0.05) is 0 Å². The van der Waals surface area contributed by atoms with Crippen LogP contribution >= 0.6 is 37.2 Å². The predicted octanol–water partition coefficient (Wildman–Crippen LogP) is 4.15. The van der Waals surface area contributed by atoms with Crippen LogP contribution in [0.3, 0.4) is 0 Å². The van der Waals surface area contributed by atoms with E-state index in [2.05, 4.69) is 0 Å². The number of phenolic OH excluding ortho intramolecular Hbond substituents is 1. The zero-order valence-corrected chi connectivity index (χ0v) is 10.4. The van der Waals surface area contributed by atoms with E-state index in [1.807, 2.05) is 6.07 Å². The third-order valence-electron chi connectivity index (χ3n) is 0.756. The molecule has 0 spiro atoms. The van der Waals surface area contributed by atoms with Crippen molar-refractivity contribution in [1.82, 2.24) is 0 Å². The summed E-state index contributed by atoms with van der Waals surface area (Å²) in [6, 6.07) is 8.71. The molecule has 1 rings (SSSR count). The molecule has 0 saturated heterocycles. The number of para-hydroxylation sites is 1. The van der Waals surface area contributed by atoms with Crippen LogP contribution in [0.1, 0.15) is 0 Å². The van der Waals surface area contributed by atoms with Crippen molar-refractivity contribution in [2.24, 2.45) is 0 Å². The predicted molar refractivity (Wildman–Crippen MR) is 51.5 cm³/mol. The van der Waals surface area contributed by atoms with Gasteiger partial charge in [0.1, 0.15) is 5.75 Å². The molecule has 0 fully saturated rings. The number of phenols is 1. The van der Waals surface area contributed by atoms with Gasteiger partial charge in [-0.1, -0.05) is 18.2 Å². The summed E-state index contributed by atoms with van der Waals surface area (Å²) in [6.45, 7) is 0. The molecule has 0 aromatic heterocycles. The van der Waals surface area contributed by atoms with Crippen molar-refractivity contribution in [3.8, 4) is 5.75 Å². The standard InChI is InChI=1S/C6H6O.4ClH.Ti/c7-6-4-2-1-3-5-6;;;;;/h1-5,7H;4*1H;/q;;;;;+4/p-4. The number of hydrogen-bond acceptors (Lipinski definition) is 1. The second kappa shape index (κ2) is 6.36. The topological polar surface area (TPSA) is 20.2 Å². The fourth-order valence-electron chi connectivity index (χ4n) is 0.428. The third-order valence-corrected chi connectivity index (χ3v) is 0.756. The molecule has 0 heterocycles. The Bertz CT molecular complexity index is 205. The molecular weight excluding hydrogens is 278 g/mol. The average Bonchev–Trinajstić information content (AvgIpc) is 1.85. The minimum atomic E-state index is -3.11. The quantitative estimate of drug-likeness (QED) is 0.709. The number of hydrogen-bond donors (Lipinski definition) is 1. The molecule has 0 atom stereocenters. The van der Waals surface area contributed by atoms with Gasteiger partial charge in [0.25, 0.3) is 0 Å². The van der Waals surface area contributed by atoms with Gasteiger partial charge in [-0.25, -0.2) is 0 Å². The first kappa shape index (κ1) is 12.9. The summed E-state index contributed by atoms with van der Waals surface area (Å²) in [5.41, 5.74) is 0. The maximum atomic E-state index is 8.63. The summed E-state index contributed by atoms with van der Waals surface area (Å²) < 4.78 is 0. The first-order valence-corrected chi connectivity index (χ1v) is 11.5. The normalized spacial score (nSPS) is 10.0. The molecule has 0 radical (unpaired) electrons. The zero-order valence-electron chi connectivity index (χ0n) is 5.85. The van der Waals surface area contributed by atoms with Gasteiger partial charge in [0.15, 0.2) is 0 Å². The zero-order chi connectivity index (χ0) is 9.61. The molecule has 0 unspecified atom stereocenters. The number of benzene rings is 1. The van der Waals surface area contributed by atoms with Gasteiger partial charge in [0.2, 0.25) is 0 Å². The summed E-state index contributed by atoms with van der Waals surface area (Å²) >= 11 is -3.11. The maximum absolute atomic E-state index is 8.63. The Morgan fingerprint density at radius 3 is 1.42 bits per heavy atom. The van der Waals surface area contributed by atoms with Crippen LogP contribution < -0.4 is 0 Å². The molecule has 0 aliphatic carbocycles. The van der Waals surface area contributed by atoms with Crippen LogP contribution in [-0.2, 0) is 12.3 Å².